The second-order valence-corrected chi connectivity index (χ2v) is 6.97. The summed E-state index contributed by atoms with van der Waals surface area (Å²) in [4.78, 5) is 0. The molecule has 98 valence electrons. The number of halogens is 1. The van der Waals surface area contributed by atoms with Crippen LogP contribution in [0.3, 0.4) is 0 Å². The molecule has 0 aliphatic carbocycles. The molecule has 2 nitrogen and oxygen atoms in total. The molecule has 0 bridgehead atoms. The Labute approximate surface area is 109 Å². The Bertz CT molecular complexity index is 189. The average Bonchev–Trinajstić information content (AvgIpc) is 2.10. The Balaban J connectivity index is 5.43. The van der Waals surface area contributed by atoms with E-state index in [4.69, 9.17) is 11.2 Å². The molecule has 0 aromatic heterocycles. The molecule has 0 spiro atoms. The molecule has 1 unspecified atom stereocenters. The van der Waals surface area contributed by atoms with Gasteiger partial charge in [0.2, 0.25) is 8.08 Å². The molecule has 0 aromatic rings. The molecule has 0 aliphatic heterocycles. The summed E-state index contributed by atoms with van der Waals surface area (Å²) in [6, 6.07) is 2.05. The zero-order valence-electron chi connectivity index (χ0n) is 12.1. The molecule has 0 saturated heterocycles. The Hall–Kier alpha value is 0.640. The number of hydrogen-bond donors (Lipinski definition) is 0. The van der Waals surface area contributed by atoms with Crippen molar-refractivity contribution in [1.82, 2.24) is 5.01 Å². The predicted octanol–water partition coefficient (Wildman–Crippen LogP) is 4.40. The van der Waals surface area contributed by atoms with E-state index in [1.165, 1.54) is 0 Å². The van der Waals surface area contributed by atoms with Gasteiger partial charge in [-0.05, 0) is 66.6 Å². The van der Waals surface area contributed by atoms with Crippen LogP contribution in [0, 0.1) is 0 Å². The first-order chi connectivity index (χ1) is 7.21. The van der Waals surface area contributed by atoms with E-state index in [0.717, 1.165) is 4.36 Å². The molecular formula is C12H29ClN2P+. The van der Waals surface area contributed by atoms with Gasteiger partial charge in [-0.15, -0.1) is 5.01 Å². The highest BCUT2D eigenvalue weighted by Gasteiger charge is 2.44. The fourth-order valence-corrected chi connectivity index (χ4v) is 5.10. The van der Waals surface area contributed by atoms with Gasteiger partial charge >= 0.3 is 0 Å². The van der Waals surface area contributed by atoms with E-state index in [9.17, 15) is 0 Å². The van der Waals surface area contributed by atoms with E-state index in [-0.39, 0.29) is 0 Å². The smallest absolute Gasteiger partial charge is 0.209 e. The van der Waals surface area contributed by atoms with Crippen LogP contribution in [-0.2, 0) is 0 Å². The average molecular weight is 268 g/mol. The molecule has 16 heavy (non-hydrogen) atoms. The summed E-state index contributed by atoms with van der Waals surface area (Å²) in [7, 11) is 0.381. The first-order valence-corrected chi connectivity index (χ1v) is 8.22. The molecule has 4 heteroatoms. The van der Waals surface area contributed by atoms with Crippen LogP contribution in [-0.4, -0.2) is 33.5 Å². The van der Waals surface area contributed by atoms with Gasteiger partial charge in [0, 0.05) is 0 Å². The van der Waals surface area contributed by atoms with Crippen LogP contribution in [0.15, 0.2) is 0 Å². The molecule has 0 aliphatic rings. The van der Waals surface area contributed by atoms with Gasteiger partial charge in [-0.2, -0.15) is 0 Å². The summed E-state index contributed by atoms with van der Waals surface area (Å²) >= 11 is 6.36. The topological polar surface area (TPSA) is 3.24 Å². The van der Waals surface area contributed by atoms with Crippen molar-refractivity contribution < 1.29 is 4.36 Å². The van der Waals surface area contributed by atoms with Crippen LogP contribution in [0.4, 0.5) is 0 Å². The molecule has 0 amide bonds. The second-order valence-electron chi connectivity index (χ2n) is 5.58. The van der Waals surface area contributed by atoms with Gasteiger partial charge in [-0.1, -0.05) is 0 Å². The number of hydrogen-bond acceptors (Lipinski definition) is 1. The monoisotopic (exact) mass is 267 g/mol. The lowest BCUT2D eigenvalue weighted by atomic mass is 10.2. The van der Waals surface area contributed by atoms with E-state index in [1.807, 2.05) is 0 Å². The summed E-state index contributed by atoms with van der Waals surface area (Å²) in [6.45, 7) is 18.1. The summed E-state index contributed by atoms with van der Waals surface area (Å²) < 4.78 is 0.886. The SMILES string of the molecule is CC(C)N(C(C)C)[N+](PCl)(C(C)C)C(C)C. The minimum absolute atomic E-state index is 0.381. The fourth-order valence-electron chi connectivity index (χ4n) is 2.73. The van der Waals surface area contributed by atoms with Crippen molar-refractivity contribution >= 4 is 19.3 Å². The van der Waals surface area contributed by atoms with Crippen molar-refractivity contribution in [1.29, 1.82) is 0 Å². The number of nitrogens with zero attached hydrogens (tertiary/aromatic N) is 2. The third-order valence-corrected chi connectivity index (χ3v) is 5.50. The first kappa shape index (κ1) is 16.6. The van der Waals surface area contributed by atoms with Gasteiger partial charge in [0.1, 0.15) is 12.1 Å². The van der Waals surface area contributed by atoms with Gasteiger partial charge in [-0.25, -0.2) is 4.36 Å². The van der Waals surface area contributed by atoms with Crippen LogP contribution >= 0.6 is 19.3 Å². The van der Waals surface area contributed by atoms with Crippen molar-refractivity contribution in [3.8, 4) is 0 Å². The van der Waals surface area contributed by atoms with Crippen LogP contribution in [0.2, 0.25) is 0 Å². The maximum absolute atomic E-state index is 6.36. The van der Waals surface area contributed by atoms with E-state index >= 15 is 0 Å². The fraction of sp³-hybridized carbons (Fsp3) is 1.00. The third-order valence-electron chi connectivity index (χ3n) is 3.15. The zero-order chi connectivity index (χ0) is 13.1. The maximum atomic E-state index is 6.36. The van der Waals surface area contributed by atoms with Crippen molar-refractivity contribution in [2.45, 2.75) is 79.6 Å². The third kappa shape index (κ3) is 3.10. The highest BCUT2D eigenvalue weighted by molar-refractivity contribution is 7.63. The van der Waals surface area contributed by atoms with Crippen molar-refractivity contribution in [2.24, 2.45) is 0 Å². The van der Waals surface area contributed by atoms with Crippen LogP contribution in [0.25, 0.3) is 0 Å². The minimum atomic E-state index is 0.381. The minimum Gasteiger partial charge on any atom is -0.215 e. The van der Waals surface area contributed by atoms with Gasteiger partial charge in [0.25, 0.3) is 0 Å². The molecule has 0 aromatic carbocycles. The maximum Gasteiger partial charge on any atom is 0.209 e. The predicted molar refractivity (Wildman–Crippen MR) is 76.8 cm³/mol. The summed E-state index contributed by atoms with van der Waals surface area (Å²) in [5.74, 6) is 0. The highest BCUT2D eigenvalue weighted by Crippen LogP contribution is 2.44. The molecular weight excluding hydrogens is 239 g/mol. The van der Waals surface area contributed by atoms with Crippen LogP contribution in [0.1, 0.15) is 55.4 Å². The molecule has 0 radical (unpaired) electrons. The van der Waals surface area contributed by atoms with Gasteiger partial charge in [0.05, 0.1) is 12.1 Å². The zero-order valence-corrected chi connectivity index (χ0v) is 13.8. The van der Waals surface area contributed by atoms with Crippen molar-refractivity contribution in [2.75, 3.05) is 0 Å². The van der Waals surface area contributed by atoms with Crippen LogP contribution in [0.5, 0.6) is 0 Å². The van der Waals surface area contributed by atoms with Crippen molar-refractivity contribution in [3.63, 3.8) is 0 Å². The summed E-state index contributed by atoms with van der Waals surface area (Å²) in [5, 5.41) is 2.54. The normalized spacial score (nSPS) is 14.6. The first-order valence-electron chi connectivity index (χ1n) is 6.26. The van der Waals surface area contributed by atoms with E-state index < -0.39 is 0 Å². The molecule has 0 fully saturated rings. The van der Waals surface area contributed by atoms with E-state index in [0.29, 0.717) is 32.3 Å². The summed E-state index contributed by atoms with van der Waals surface area (Å²) in [6.07, 6.45) is 0. The quantitative estimate of drug-likeness (QED) is 0.509. The highest BCUT2D eigenvalue weighted by atomic mass is 35.7. The molecule has 0 heterocycles. The van der Waals surface area contributed by atoms with E-state index in [1.54, 1.807) is 0 Å². The van der Waals surface area contributed by atoms with Gasteiger partial charge in [-0.3, -0.25) is 0 Å². The lowest BCUT2D eigenvalue weighted by molar-refractivity contribution is -0.969. The van der Waals surface area contributed by atoms with Crippen molar-refractivity contribution in [3.05, 3.63) is 0 Å². The molecule has 0 saturated carbocycles. The summed E-state index contributed by atoms with van der Waals surface area (Å²) in [5.41, 5.74) is 0. The molecule has 0 rings (SSSR count). The lowest BCUT2D eigenvalue weighted by Crippen LogP contribution is -2.65. The standard InChI is InChI=1S/C12H29ClN2P/c1-9(2)14(10(3)4)15(16-13,11(5)6)12(7)8/h9-12,16H,1-8H3/q+1. The van der Waals surface area contributed by atoms with Gasteiger partial charge < -0.3 is 0 Å². The second kappa shape index (κ2) is 6.54. The number of rotatable bonds is 6. The van der Waals surface area contributed by atoms with Crippen LogP contribution < -0.4 is 0 Å². The van der Waals surface area contributed by atoms with E-state index in [2.05, 4.69) is 60.4 Å². The van der Waals surface area contributed by atoms with Gasteiger partial charge in [0.15, 0.2) is 0 Å². The number of quaternary nitrogens is 1. The molecule has 0 N–H and O–H groups in total. The Morgan fingerprint density at radius 1 is 0.812 bits per heavy atom. The molecule has 1 atom stereocenters. The Morgan fingerprint density at radius 3 is 1.19 bits per heavy atom. The Kier molecular flexibility index (Phi) is 6.80. The Morgan fingerprint density at radius 2 is 1.12 bits per heavy atom. The lowest BCUT2D eigenvalue weighted by Gasteiger charge is -2.53. The largest absolute Gasteiger partial charge is 0.215 e.